The molecule has 0 atom stereocenters. The number of thiophene rings is 1. The molecule has 0 radical (unpaired) electrons. The van der Waals surface area contributed by atoms with Gasteiger partial charge in [0.25, 0.3) is 5.91 Å². The second kappa shape index (κ2) is 9.69. The number of amides is 1. The number of carbonyl (C=O) groups excluding carboxylic acids is 1. The van der Waals surface area contributed by atoms with Crippen LogP contribution < -0.4 is 15.4 Å². The third kappa shape index (κ3) is 4.66. The summed E-state index contributed by atoms with van der Waals surface area (Å²) in [7, 11) is 1.76. The van der Waals surface area contributed by atoms with E-state index in [1.165, 1.54) is 11.3 Å². The maximum absolute atomic E-state index is 12.9. The third-order valence-corrected chi connectivity index (χ3v) is 6.98. The molecule has 1 amide bonds. The topological polar surface area (TPSA) is 89.0 Å². The van der Waals surface area contributed by atoms with E-state index in [9.17, 15) is 4.79 Å². The Bertz CT molecular complexity index is 1550. The van der Waals surface area contributed by atoms with Gasteiger partial charge in [0.05, 0.1) is 16.3 Å². The minimum atomic E-state index is -0.250. The number of fused-ring (bicyclic) bond motifs is 1. The minimum Gasteiger partial charge on any atom is -0.438 e. The predicted molar refractivity (Wildman–Crippen MR) is 141 cm³/mol. The van der Waals surface area contributed by atoms with E-state index in [0.717, 1.165) is 21.2 Å². The number of aryl methyl sites for hydroxylation is 1. The van der Waals surface area contributed by atoms with Gasteiger partial charge < -0.3 is 15.4 Å². The molecule has 0 aliphatic carbocycles. The summed E-state index contributed by atoms with van der Waals surface area (Å²) in [5.41, 5.74) is 2.90. The molecule has 9 heteroatoms. The Morgan fingerprint density at radius 3 is 2.69 bits per heavy atom. The van der Waals surface area contributed by atoms with Gasteiger partial charge in [0.1, 0.15) is 10.6 Å². The van der Waals surface area contributed by atoms with Crippen molar-refractivity contribution in [3.05, 3.63) is 88.5 Å². The average molecular weight is 502 g/mol. The molecular weight excluding hydrogens is 482 g/mol. The van der Waals surface area contributed by atoms with E-state index in [0.29, 0.717) is 38.9 Å². The number of carbonyl (C=O) groups is 1. The van der Waals surface area contributed by atoms with Gasteiger partial charge in [-0.15, -0.1) is 11.3 Å². The van der Waals surface area contributed by atoms with Crippen LogP contribution in [-0.4, -0.2) is 27.9 Å². The molecule has 2 aromatic carbocycles. The van der Waals surface area contributed by atoms with Crippen LogP contribution in [0.2, 0.25) is 5.02 Å². The maximum atomic E-state index is 12.9. The summed E-state index contributed by atoms with van der Waals surface area (Å²) in [5.74, 6) is 1.30. The van der Waals surface area contributed by atoms with Crippen molar-refractivity contribution in [1.29, 1.82) is 0 Å². The lowest BCUT2D eigenvalue weighted by Gasteiger charge is -2.13. The second-order valence-electron chi connectivity index (χ2n) is 7.65. The Kier molecular flexibility index (Phi) is 6.31. The van der Waals surface area contributed by atoms with Crippen LogP contribution in [0.1, 0.15) is 15.2 Å². The summed E-state index contributed by atoms with van der Waals surface area (Å²) in [4.78, 5) is 26.4. The first-order chi connectivity index (χ1) is 17.0. The Morgan fingerprint density at radius 1 is 1.03 bits per heavy atom. The summed E-state index contributed by atoms with van der Waals surface area (Å²) >= 11 is 7.83. The van der Waals surface area contributed by atoms with Crippen molar-refractivity contribution in [2.24, 2.45) is 0 Å². The van der Waals surface area contributed by atoms with Crippen LogP contribution in [0.5, 0.6) is 11.6 Å². The van der Waals surface area contributed by atoms with Crippen molar-refractivity contribution in [1.82, 2.24) is 15.0 Å². The normalized spacial score (nSPS) is 10.8. The first-order valence-corrected chi connectivity index (χ1v) is 12.0. The third-order valence-electron chi connectivity index (χ3n) is 5.31. The fraction of sp³-hybridized carbons (Fsp3) is 0.0769. The molecule has 0 aliphatic heterocycles. The Morgan fingerprint density at radius 2 is 1.89 bits per heavy atom. The lowest BCUT2D eigenvalue weighted by Crippen LogP contribution is -2.10. The molecule has 3 heterocycles. The molecule has 0 spiro atoms. The zero-order valence-corrected chi connectivity index (χ0v) is 20.4. The van der Waals surface area contributed by atoms with E-state index in [4.69, 9.17) is 16.3 Å². The van der Waals surface area contributed by atoms with Crippen molar-refractivity contribution >= 4 is 50.6 Å². The first-order valence-electron chi connectivity index (χ1n) is 10.8. The largest absolute Gasteiger partial charge is 0.438 e. The second-order valence-corrected chi connectivity index (χ2v) is 9.08. The Hall–Kier alpha value is -4.01. The molecule has 2 N–H and O–H groups in total. The number of hydrogen-bond acceptors (Lipinski definition) is 7. The number of rotatable bonds is 6. The number of nitrogens with zero attached hydrogens (tertiary/aromatic N) is 3. The number of hydrogen-bond donors (Lipinski definition) is 2. The number of benzene rings is 2. The minimum absolute atomic E-state index is 0.250. The number of aromatic nitrogens is 3. The molecule has 5 aromatic rings. The number of anilines is 2. The van der Waals surface area contributed by atoms with Crippen molar-refractivity contribution in [2.45, 2.75) is 6.92 Å². The van der Waals surface area contributed by atoms with Crippen molar-refractivity contribution in [3.8, 4) is 22.9 Å². The van der Waals surface area contributed by atoms with Crippen LogP contribution in [0.25, 0.3) is 21.3 Å². The van der Waals surface area contributed by atoms with Crippen LogP contribution in [0.15, 0.2) is 73.1 Å². The molecule has 0 unspecified atom stereocenters. The zero-order valence-electron chi connectivity index (χ0n) is 18.9. The summed E-state index contributed by atoms with van der Waals surface area (Å²) in [5, 5.41) is 7.21. The van der Waals surface area contributed by atoms with E-state index < -0.39 is 0 Å². The highest BCUT2D eigenvalue weighted by atomic mass is 35.5. The van der Waals surface area contributed by atoms with Gasteiger partial charge in [-0.1, -0.05) is 29.8 Å². The van der Waals surface area contributed by atoms with Crippen LogP contribution in [0.3, 0.4) is 0 Å². The quantitative estimate of drug-likeness (QED) is 0.266. The van der Waals surface area contributed by atoms with Crippen molar-refractivity contribution in [2.75, 3.05) is 17.7 Å². The van der Waals surface area contributed by atoms with Crippen LogP contribution in [0.4, 0.5) is 11.6 Å². The highest BCUT2D eigenvalue weighted by Gasteiger charge is 2.18. The van der Waals surface area contributed by atoms with Crippen LogP contribution >= 0.6 is 22.9 Å². The van der Waals surface area contributed by atoms with E-state index in [1.807, 2.05) is 49.4 Å². The van der Waals surface area contributed by atoms with Gasteiger partial charge in [-0.25, -0.2) is 15.0 Å². The Balaban J connectivity index is 1.37. The van der Waals surface area contributed by atoms with Gasteiger partial charge in [-0.2, -0.15) is 0 Å². The summed E-state index contributed by atoms with van der Waals surface area (Å²) < 4.78 is 7.12. The van der Waals surface area contributed by atoms with Gasteiger partial charge >= 0.3 is 0 Å². The summed E-state index contributed by atoms with van der Waals surface area (Å²) in [6.07, 6.45) is 3.34. The SMILES string of the molecule is CNc1nccc(-c2cccnc2Oc2ccc(NC(=O)c3sc4ccccc4c3Cl)cc2C)n1. The lowest BCUT2D eigenvalue weighted by atomic mass is 10.1. The van der Waals surface area contributed by atoms with Gasteiger partial charge in [0.2, 0.25) is 11.8 Å². The molecular formula is C26H20ClN5O2S. The molecule has 0 saturated carbocycles. The van der Waals surface area contributed by atoms with E-state index in [1.54, 1.807) is 37.6 Å². The monoisotopic (exact) mass is 501 g/mol. The molecule has 0 bridgehead atoms. The lowest BCUT2D eigenvalue weighted by molar-refractivity contribution is 0.103. The maximum Gasteiger partial charge on any atom is 0.267 e. The number of halogens is 1. The number of nitrogens with one attached hydrogen (secondary N) is 2. The highest BCUT2D eigenvalue weighted by Crippen LogP contribution is 2.36. The predicted octanol–water partition coefficient (Wildman–Crippen LogP) is 6.80. The van der Waals surface area contributed by atoms with Gasteiger partial charge in [-0.05, 0) is 55.0 Å². The molecule has 7 nitrogen and oxygen atoms in total. The van der Waals surface area contributed by atoms with Gasteiger partial charge in [0.15, 0.2) is 0 Å². The molecule has 0 saturated heterocycles. The first kappa shape index (κ1) is 22.8. The highest BCUT2D eigenvalue weighted by molar-refractivity contribution is 7.21. The van der Waals surface area contributed by atoms with E-state index >= 15 is 0 Å². The molecule has 0 aliphatic rings. The number of ether oxygens (including phenoxy) is 1. The Labute approximate surface area is 210 Å². The fourth-order valence-corrected chi connectivity index (χ4v) is 5.00. The van der Waals surface area contributed by atoms with Crippen molar-refractivity contribution < 1.29 is 9.53 Å². The standard InChI is InChI=1S/C26H20ClN5O2S/c1-15-14-16(31-24(33)23-22(27)18-6-3-4-8-21(18)35-23)9-10-20(15)34-25-17(7-5-12-29-25)19-11-13-30-26(28-2)32-19/h3-14H,1-2H3,(H,31,33)(H,28,30,32). The molecule has 3 aromatic heterocycles. The van der Waals surface area contributed by atoms with E-state index in [2.05, 4.69) is 25.6 Å². The van der Waals surface area contributed by atoms with Crippen LogP contribution in [-0.2, 0) is 0 Å². The molecule has 5 rings (SSSR count). The summed E-state index contributed by atoms with van der Waals surface area (Å²) in [6, 6.07) is 18.6. The molecule has 0 fully saturated rings. The average Bonchev–Trinajstić information content (AvgIpc) is 3.22. The zero-order chi connectivity index (χ0) is 24.4. The molecule has 35 heavy (non-hydrogen) atoms. The molecule has 174 valence electrons. The van der Waals surface area contributed by atoms with Crippen LogP contribution in [0, 0.1) is 6.92 Å². The van der Waals surface area contributed by atoms with Gasteiger partial charge in [0, 0.05) is 35.2 Å². The van der Waals surface area contributed by atoms with E-state index in [-0.39, 0.29) is 5.91 Å². The number of pyridine rings is 1. The summed E-state index contributed by atoms with van der Waals surface area (Å²) in [6.45, 7) is 1.91. The smallest absolute Gasteiger partial charge is 0.267 e. The van der Waals surface area contributed by atoms with Crippen molar-refractivity contribution in [3.63, 3.8) is 0 Å². The van der Waals surface area contributed by atoms with Gasteiger partial charge in [-0.3, -0.25) is 4.79 Å². The fourth-order valence-electron chi connectivity index (χ4n) is 3.59.